The Balaban J connectivity index is 2.23. The second-order valence-electron chi connectivity index (χ2n) is 3.63. The van der Waals surface area contributed by atoms with E-state index >= 15 is 0 Å². The minimum atomic E-state index is 0.554. The molecule has 0 unspecified atom stereocenters. The lowest BCUT2D eigenvalue weighted by atomic mass is 10.3. The molecule has 17 heavy (non-hydrogen) atoms. The average molecular weight is 232 g/mol. The quantitative estimate of drug-likeness (QED) is 0.792. The molecule has 0 fully saturated rings. The van der Waals surface area contributed by atoms with Crippen LogP contribution in [0.3, 0.4) is 0 Å². The van der Waals surface area contributed by atoms with E-state index in [2.05, 4.69) is 22.2 Å². The van der Waals surface area contributed by atoms with Crippen molar-refractivity contribution in [2.45, 2.75) is 26.8 Å². The molecule has 0 N–H and O–H groups in total. The molecule has 0 aliphatic rings. The van der Waals surface area contributed by atoms with Crippen molar-refractivity contribution < 1.29 is 4.74 Å². The van der Waals surface area contributed by atoms with Gasteiger partial charge in [-0.15, -0.1) is 10.2 Å². The molecule has 0 aliphatic carbocycles. The van der Waals surface area contributed by atoms with Gasteiger partial charge in [-0.25, -0.2) is 0 Å². The Morgan fingerprint density at radius 1 is 1.18 bits per heavy atom. The van der Waals surface area contributed by atoms with E-state index in [4.69, 9.17) is 4.74 Å². The zero-order valence-corrected chi connectivity index (χ0v) is 10.1. The van der Waals surface area contributed by atoms with Gasteiger partial charge >= 0.3 is 0 Å². The third kappa shape index (κ3) is 2.61. The lowest BCUT2D eigenvalue weighted by molar-refractivity contribution is 0.323. The van der Waals surface area contributed by atoms with Gasteiger partial charge in [-0.3, -0.25) is 4.68 Å². The molecule has 0 bridgehead atoms. The van der Waals surface area contributed by atoms with Gasteiger partial charge in [0.1, 0.15) is 5.69 Å². The third-order valence-electron chi connectivity index (χ3n) is 2.35. The van der Waals surface area contributed by atoms with Gasteiger partial charge in [0.05, 0.1) is 12.3 Å². The predicted octanol–water partition coefficient (Wildman–Crippen LogP) is 2.15. The molecule has 0 aromatic carbocycles. The van der Waals surface area contributed by atoms with Crippen molar-refractivity contribution in [1.29, 1.82) is 0 Å². The smallest absolute Gasteiger partial charge is 0.233 e. The lowest BCUT2D eigenvalue weighted by Gasteiger charge is -2.05. The van der Waals surface area contributed by atoms with Gasteiger partial charge in [0.15, 0.2) is 0 Å². The van der Waals surface area contributed by atoms with Crippen LogP contribution >= 0.6 is 0 Å². The van der Waals surface area contributed by atoms with Gasteiger partial charge in [-0.1, -0.05) is 6.92 Å². The fraction of sp³-hybridized carbons (Fsp3) is 0.417. The van der Waals surface area contributed by atoms with Crippen LogP contribution in [-0.2, 0) is 6.54 Å². The number of nitrogens with zero attached hydrogens (tertiary/aromatic N) is 4. The highest BCUT2D eigenvalue weighted by Gasteiger charge is 2.07. The Morgan fingerprint density at radius 2 is 2.06 bits per heavy atom. The normalized spacial score (nSPS) is 10.5. The van der Waals surface area contributed by atoms with Crippen LogP contribution in [0.25, 0.3) is 11.4 Å². The Bertz CT molecular complexity index is 464. The number of rotatable bonds is 5. The average Bonchev–Trinajstić information content (AvgIpc) is 2.79. The van der Waals surface area contributed by atoms with E-state index in [9.17, 15) is 0 Å². The monoisotopic (exact) mass is 232 g/mol. The van der Waals surface area contributed by atoms with E-state index in [-0.39, 0.29) is 0 Å². The van der Waals surface area contributed by atoms with E-state index in [1.807, 2.05) is 29.8 Å². The molecule has 5 heteroatoms. The first-order chi connectivity index (χ1) is 8.35. The van der Waals surface area contributed by atoms with E-state index in [1.165, 1.54) is 0 Å². The molecular formula is C12H16N4O. The lowest BCUT2D eigenvalue weighted by Crippen LogP contribution is -2.03. The first-order valence-electron chi connectivity index (χ1n) is 5.83. The summed E-state index contributed by atoms with van der Waals surface area (Å²) < 4.78 is 7.19. The van der Waals surface area contributed by atoms with Crippen LogP contribution in [0.15, 0.2) is 24.4 Å². The van der Waals surface area contributed by atoms with Crippen LogP contribution in [0, 0.1) is 0 Å². The zero-order valence-electron chi connectivity index (χ0n) is 10.1. The van der Waals surface area contributed by atoms with Gasteiger partial charge in [0.25, 0.3) is 0 Å². The number of ether oxygens (including phenoxy) is 1. The molecule has 2 heterocycles. The molecule has 0 spiro atoms. The topological polar surface area (TPSA) is 52.8 Å². The predicted molar refractivity (Wildman–Crippen MR) is 64.7 cm³/mol. The highest BCUT2D eigenvalue weighted by molar-refractivity contribution is 5.53. The van der Waals surface area contributed by atoms with Crippen LogP contribution in [0.1, 0.15) is 20.3 Å². The molecule has 5 nitrogen and oxygen atoms in total. The number of hydrogen-bond donors (Lipinski definition) is 0. The van der Waals surface area contributed by atoms with Crippen molar-refractivity contribution >= 4 is 0 Å². The standard InChI is InChI=1S/C12H16N4O/c1-3-9-16-11(7-8-13-16)10-5-6-12(15-14-10)17-4-2/h5-8H,3-4,9H2,1-2H3. The van der Waals surface area contributed by atoms with Crippen LogP contribution in [0.2, 0.25) is 0 Å². The van der Waals surface area contributed by atoms with E-state index in [0.29, 0.717) is 12.5 Å². The largest absolute Gasteiger partial charge is 0.477 e. The zero-order chi connectivity index (χ0) is 12.1. The van der Waals surface area contributed by atoms with Crippen LogP contribution in [-0.4, -0.2) is 26.6 Å². The molecule has 0 aliphatic heterocycles. The summed E-state index contributed by atoms with van der Waals surface area (Å²) in [5.74, 6) is 0.554. The molecular weight excluding hydrogens is 216 g/mol. The van der Waals surface area contributed by atoms with Crippen LogP contribution in [0.4, 0.5) is 0 Å². The van der Waals surface area contributed by atoms with E-state index in [0.717, 1.165) is 24.4 Å². The Morgan fingerprint density at radius 3 is 2.71 bits per heavy atom. The molecule has 0 amide bonds. The Hall–Kier alpha value is -1.91. The van der Waals surface area contributed by atoms with Crippen LogP contribution in [0.5, 0.6) is 5.88 Å². The van der Waals surface area contributed by atoms with Crippen molar-refractivity contribution in [2.24, 2.45) is 0 Å². The van der Waals surface area contributed by atoms with Gasteiger partial charge in [0.2, 0.25) is 5.88 Å². The van der Waals surface area contributed by atoms with Crippen molar-refractivity contribution in [1.82, 2.24) is 20.0 Å². The maximum Gasteiger partial charge on any atom is 0.233 e. The van der Waals surface area contributed by atoms with E-state index < -0.39 is 0 Å². The molecule has 0 radical (unpaired) electrons. The van der Waals surface area contributed by atoms with Crippen molar-refractivity contribution in [3.05, 3.63) is 24.4 Å². The van der Waals surface area contributed by atoms with Crippen molar-refractivity contribution in [3.63, 3.8) is 0 Å². The maximum absolute atomic E-state index is 5.26. The second kappa shape index (κ2) is 5.43. The summed E-state index contributed by atoms with van der Waals surface area (Å²) in [6, 6.07) is 5.68. The van der Waals surface area contributed by atoms with E-state index in [1.54, 1.807) is 6.20 Å². The summed E-state index contributed by atoms with van der Waals surface area (Å²) in [6.45, 7) is 5.53. The van der Waals surface area contributed by atoms with Crippen molar-refractivity contribution in [2.75, 3.05) is 6.61 Å². The van der Waals surface area contributed by atoms with Gasteiger partial charge < -0.3 is 4.74 Å². The fourth-order valence-electron chi connectivity index (χ4n) is 1.62. The van der Waals surface area contributed by atoms with Crippen molar-refractivity contribution in [3.8, 4) is 17.3 Å². The molecule has 2 aromatic rings. The molecule has 2 rings (SSSR count). The Labute approximate surface area is 100 Å². The fourth-order valence-corrected chi connectivity index (χ4v) is 1.62. The van der Waals surface area contributed by atoms with Gasteiger partial charge in [0, 0.05) is 18.8 Å². The SMILES string of the molecule is CCCn1nccc1-c1ccc(OCC)nn1. The summed E-state index contributed by atoms with van der Waals surface area (Å²) in [4.78, 5) is 0. The molecule has 0 saturated carbocycles. The number of hydrogen-bond acceptors (Lipinski definition) is 4. The Kier molecular flexibility index (Phi) is 3.69. The summed E-state index contributed by atoms with van der Waals surface area (Å²) in [6.07, 6.45) is 2.82. The summed E-state index contributed by atoms with van der Waals surface area (Å²) >= 11 is 0. The summed E-state index contributed by atoms with van der Waals surface area (Å²) in [5, 5.41) is 12.4. The highest BCUT2D eigenvalue weighted by Crippen LogP contribution is 2.17. The second-order valence-corrected chi connectivity index (χ2v) is 3.63. The summed E-state index contributed by atoms with van der Waals surface area (Å²) in [5.41, 5.74) is 1.81. The molecule has 0 saturated heterocycles. The van der Waals surface area contributed by atoms with Gasteiger partial charge in [-0.2, -0.15) is 5.10 Å². The molecule has 2 aromatic heterocycles. The van der Waals surface area contributed by atoms with Crippen LogP contribution < -0.4 is 4.74 Å². The molecule has 0 atom stereocenters. The number of aromatic nitrogens is 4. The number of aryl methyl sites for hydroxylation is 1. The summed E-state index contributed by atoms with van der Waals surface area (Å²) in [7, 11) is 0. The highest BCUT2D eigenvalue weighted by atomic mass is 16.5. The minimum absolute atomic E-state index is 0.554. The first-order valence-corrected chi connectivity index (χ1v) is 5.83. The molecule has 90 valence electrons. The van der Waals surface area contributed by atoms with Gasteiger partial charge in [-0.05, 0) is 25.5 Å². The third-order valence-corrected chi connectivity index (χ3v) is 2.35. The minimum Gasteiger partial charge on any atom is -0.477 e. The maximum atomic E-state index is 5.26. The first kappa shape index (κ1) is 11.6.